The monoisotopic (exact) mass is 1010 g/mol. The third kappa shape index (κ3) is 14.5. The van der Waals surface area contributed by atoms with Crippen LogP contribution in [-0.2, 0) is 44.7 Å². The van der Waals surface area contributed by atoms with Crippen molar-refractivity contribution in [3.63, 3.8) is 0 Å². The number of nitrogen functional groups attached to an aromatic ring is 2. The van der Waals surface area contributed by atoms with E-state index in [0.717, 1.165) is 93.2 Å². The number of anilines is 8. The first-order chi connectivity index (χ1) is 36.0. The second kappa shape index (κ2) is 26.5. The van der Waals surface area contributed by atoms with Gasteiger partial charge in [-0.25, -0.2) is 0 Å². The number of para-hydroxylation sites is 2. The van der Waals surface area contributed by atoms with Gasteiger partial charge in [0.15, 0.2) is 0 Å². The SMILES string of the molecule is CCCOc1c2cccc1Cc1cc(Nc3nc(N)nc(NCC(=O)OCC)n3)cc(c1OCCC)Cc1cccc(c1OCCC)Cc1cc(Nc3nc(N)nc(NCC(=O)OCC)n3)cc(c1OCCC)C2. The van der Waals surface area contributed by atoms with E-state index in [2.05, 4.69) is 115 Å². The summed E-state index contributed by atoms with van der Waals surface area (Å²) < 4.78 is 37.2. The number of carbonyl (C=O) groups is 2. The van der Waals surface area contributed by atoms with Crippen molar-refractivity contribution >= 4 is 59.0 Å². The van der Waals surface area contributed by atoms with Crippen LogP contribution < -0.4 is 51.7 Å². The zero-order valence-corrected chi connectivity index (χ0v) is 43.2. The van der Waals surface area contributed by atoms with E-state index < -0.39 is 11.9 Å². The lowest BCUT2D eigenvalue weighted by molar-refractivity contribution is -0.141. The van der Waals surface area contributed by atoms with Crippen molar-refractivity contribution in [1.82, 2.24) is 29.9 Å². The molecule has 0 unspecified atom stereocenters. The standard InChI is InChI=1S/C54H68N12O8/c1-7-19-71-45-33-15-13-16-34(45)24-38-28-42(60-54-64-50(56)62-52(66-54)58-32-44(68)70-12-6)30-40(48(38)74-22-10-4)26-36-18-14-17-35(46(36)72-20-8-2)25-39-29-41(27-37(23-33)47(39)73-21-9-3)59-53-63-49(55)61-51(65-53)57-31-43(67)69-11-5/h13-18,27-30H,7-12,19-26,31-32H2,1-6H3,(H4,55,57,59,61,63,65)(H4,56,58,60,62,64,66). The Morgan fingerprint density at radius 1 is 0.446 bits per heavy atom. The summed E-state index contributed by atoms with van der Waals surface area (Å²) in [5.41, 5.74) is 21.1. The fourth-order valence-corrected chi connectivity index (χ4v) is 8.43. The van der Waals surface area contributed by atoms with Gasteiger partial charge in [0.25, 0.3) is 0 Å². The lowest BCUT2D eigenvalue weighted by Gasteiger charge is -2.24. The molecular weight excluding hydrogens is 945 g/mol. The van der Waals surface area contributed by atoms with Gasteiger partial charge in [-0.2, -0.15) is 29.9 Å². The van der Waals surface area contributed by atoms with Crippen molar-refractivity contribution in [3.05, 3.63) is 105 Å². The topological polar surface area (TPSA) is 267 Å². The number of hydrogen-bond acceptors (Lipinski definition) is 20. The highest BCUT2D eigenvalue weighted by Crippen LogP contribution is 2.41. The Morgan fingerprint density at radius 2 is 0.743 bits per heavy atom. The van der Waals surface area contributed by atoms with E-state index in [1.807, 2.05) is 24.3 Å². The van der Waals surface area contributed by atoms with Crippen molar-refractivity contribution in [3.8, 4) is 23.0 Å². The number of hydrogen-bond donors (Lipinski definition) is 6. The highest BCUT2D eigenvalue weighted by atomic mass is 16.5. The largest absolute Gasteiger partial charge is 0.493 e. The van der Waals surface area contributed by atoms with E-state index in [9.17, 15) is 9.59 Å². The zero-order chi connectivity index (χ0) is 52.4. The molecule has 74 heavy (non-hydrogen) atoms. The molecule has 8 N–H and O–H groups in total. The van der Waals surface area contributed by atoms with E-state index in [1.54, 1.807) is 13.8 Å². The molecule has 1 aliphatic carbocycles. The van der Waals surface area contributed by atoms with Crippen LogP contribution in [0.1, 0.15) is 112 Å². The molecule has 6 aromatic rings. The molecule has 0 spiro atoms. The zero-order valence-electron chi connectivity index (χ0n) is 43.2. The fourth-order valence-electron chi connectivity index (χ4n) is 8.43. The van der Waals surface area contributed by atoms with Crippen molar-refractivity contribution in [1.29, 1.82) is 0 Å². The van der Waals surface area contributed by atoms with Gasteiger partial charge in [-0.15, -0.1) is 0 Å². The maximum absolute atomic E-state index is 12.2. The Labute approximate surface area is 432 Å². The molecular formula is C54H68N12O8. The minimum atomic E-state index is -0.457. The number of ether oxygens (including phenoxy) is 6. The van der Waals surface area contributed by atoms with E-state index in [4.69, 9.17) is 39.9 Å². The van der Waals surface area contributed by atoms with Crippen LogP contribution in [0.5, 0.6) is 23.0 Å². The predicted molar refractivity (Wildman–Crippen MR) is 285 cm³/mol. The molecule has 2 aromatic heterocycles. The summed E-state index contributed by atoms with van der Waals surface area (Å²) in [6.07, 6.45) is 4.87. The Hall–Kier alpha value is -8.16. The van der Waals surface area contributed by atoms with Crippen LogP contribution >= 0.6 is 0 Å². The first kappa shape index (κ1) is 53.6. The van der Waals surface area contributed by atoms with Crippen molar-refractivity contribution in [2.75, 3.05) is 85.5 Å². The van der Waals surface area contributed by atoms with Crippen LogP contribution in [0.4, 0.5) is 47.1 Å². The molecule has 0 fully saturated rings. The Morgan fingerprint density at radius 3 is 1.04 bits per heavy atom. The van der Waals surface area contributed by atoms with E-state index in [-0.39, 0.29) is 62.0 Å². The number of nitrogens with one attached hydrogen (secondary N) is 4. The summed E-state index contributed by atoms with van der Waals surface area (Å²) in [6, 6.07) is 20.6. The first-order valence-electron chi connectivity index (χ1n) is 25.4. The number of aromatic nitrogens is 6. The normalized spacial score (nSPS) is 11.8. The molecule has 20 nitrogen and oxygen atoms in total. The molecule has 0 saturated carbocycles. The molecule has 1 aliphatic rings. The molecule has 0 aliphatic heterocycles. The van der Waals surface area contributed by atoms with Gasteiger partial charge in [0.2, 0.25) is 35.7 Å². The maximum atomic E-state index is 12.2. The molecule has 0 atom stereocenters. The van der Waals surface area contributed by atoms with Gasteiger partial charge in [-0.05, 0) is 86.1 Å². The van der Waals surface area contributed by atoms with E-state index >= 15 is 0 Å². The third-order valence-electron chi connectivity index (χ3n) is 11.4. The highest BCUT2D eigenvalue weighted by Gasteiger charge is 2.24. The summed E-state index contributed by atoms with van der Waals surface area (Å²) in [6.45, 7) is 13.9. The molecule has 0 radical (unpaired) electrons. The van der Waals surface area contributed by atoms with Gasteiger partial charge >= 0.3 is 11.9 Å². The van der Waals surface area contributed by atoms with Crippen LogP contribution in [0.2, 0.25) is 0 Å². The lowest BCUT2D eigenvalue weighted by atomic mass is 9.90. The lowest BCUT2D eigenvalue weighted by Crippen LogP contribution is -2.19. The second-order valence-corrected chi connectivity index (χ2v) is 17.4. The fraction of sp³-hybridized carbons (Fsp3) is 0.407. The Balaban J connectivity index is 1.41. The predicted octanol–water partition coefficient (Wildman–Crippen LogP) is 8.49. The van der Waals surface area contributed by atoms with Crippen LogP contribution in [0, 0.1) is 0 Å². The number of benzene rings is 4. The molecule has 392 valence electrons. The number of fused-ring (bicyclic) bond motifs is 8. The summed E-state index contributed by atoms with van der Waals surface area (Å²) in [4.78, 5) is 50.7. The van der Waals surface area contributed by atoms with Crippen molar-refractivity contribution in [2.24, 2.45) is 0 Å². The summed E-state index contributed by atoms with van der Waals surface area (Å²) >= 11 is 0. The third-order valence-corrected chi connectivity index (χ3v) is 11.4. The molecule has 20 heteroatoms. The summed E-state index contributed by atoms with van der Waals surface area (Å²) in [5.74, 6) is 2.61. The minimum absolute atomic E-state index is 0.0386. The van der Waals surface area contributed by atoms with E-state index in [0.29, 0.717) is 63.5 Å². The summed E-state index contributed by atoms with van der Waals surface area (Å²) in [7, 11) is 0. The van der Waals surface area contributed by atoms with Gasteiger partial charge in [0, 0.05) is 59.3 Å². The number of nitrogens with two attached hydrogens (primary N) is 2. The minimum Gasteiger partial charge on any atom is -0.493 e. The Bertz CT molecular complexity index is 2600. The van der Waals surface area contributed by atoms with Crippen LogP contribution in [0.15, 0.2) is 60.7 Å². The molecule has 8 bridgehead atoms. The number of esters is 2. The van der Waals surface area contributed by atoms with Gasteiger partial charge in [0.05, 0.1) is 39.6 Å². The number of rotatable bonds is 24. The summed E-state index contributed by atoms with van der Waals surface area (Å²) in [5, 5.41) is 12.6. The first-order valence-corrected chi connectivity index (χ1v) is 25.4. The Kier molecular flexibility index (Phi) is 19.2. The highest BCUT2D eigenvalue weighted by molar-refractivity contribution is 5.75. The van der Waals surface area contributed by atoms with E-state index in [1.165, 1.54) is 0 Å². The van der Waals surface area contributed by atoms with Crippen LogP contribution in [0.25, 0.3) is 0 Å². The average molecular weight is 1010 g/mol. The average Bonchev–Trinajstić information content (AvgIpc) is 3.36. The molecule has 2 heterocycles. The maximum Gasteiger partial charge on any atom is 0.325 e. The number of nitrogens with zero attached hydrogens (tertiary/aromatic N) is 6. The van der Waals surface area contributed by atoms with Gasteiger partial charge in [0.1, 0.15) is 36.1 Å². The van der Waals surface area contributed by atoms with Gasteiger partial charge in [-0.3, -0.25) is 9.59 Å². The van der Waals surface area contributed by atoms with Gasteiger partial charge < -0.3 is 61.2 Å². The molecule has 7 rings (SSSR count). The molecule has 0 amide bonds. The molecule has 0 saturated heterocycles. The van der Waals surface area contributed by atoms with Crippen molar-refractivity contribution in [2.45, 2.75) is 92.9 Å². The quantitative estimate of drug-likeness (QED) is 0.0310. The number of carbonyl (C=O) groups excluding carboxylic acids is 2. The van der Waals surface area contributed by atoms with Crippen LogP contribution in [0.3, 0.4) is 0 Å². The van der Waals surface area contributed by atoms with Crippen LogP contribution in [-0.4, -0.2) is 94.6 Å². The second-order valence-electron chi connectivity index (χ2n) is 17.4. The van der Waals surface area contributed by atoms with Crippen molar-refractivity contribution < 1.29 is 38.0 Å². The van der Waals surface area contributed by atoms with Gasteiger partial charge in [-0.1, -0.05) is 64.1 Å². The molecule has 4 aromatic carbocycles. The smallest absolute Gasteiger partial charge is 0.325 e.